The first kappa shape index (κ1) is 22.7. The molecule has 1 aliphatic carbocycles. The third-order valence-electron chi connectivity index (χ3n) is 6.10. The van der Waals surface area contributed by atoms with Crippen LogP contribution in [0.5, 0.6) is 23.0 Å². The van der Waals surface area contributed by atoms with E-state index in [-0.39, 0.29) is 23.7 Å². The number of anilines is 1. The Labute approximate surface area is 183 Å². The minimum atomic E-state index is -0.269. The van der Waals surface area contributed by atoms with E-state index in [2.05, 4.69) is 0 Å². The van der Waals surface area contributed by atoms with Crippen molar-refractivity contribution in [3.63, 3.8) is 0 Å². The first-order valence-corrected chi connectivity index (χ1v) is 10.3. The Hall–Kier alpha value is -2.93. The van der Waals surface area contributed by atoms with Crippen LogP contribution in [0, 0.1) is 5.92 Å². The van der Waals surface area contributed by atoms with Crippen LogP contribution in [0.2, 0.25) is 0 Å². The van der Waals surface area contributed by atoms with Crippen LogP contribution >= 0.6 is 0 Å². The number of ketones is 1. The molecule has 3 atom stereocenters. The van der Waals surface area contributed by atoms with Gasteiger partial charge in [0.15, 0.2) is 17.3 Å². The number of nitrogens with two attached hydrogens (primary N) is 1. The molecule has 7 nitrogen and oxygen atoms in total. The summed E-state index contributed by atoms with van der Waals surface area (Å²) in [6.07, 6.45) is 2.36. The lowest BCUT2D eigenvalue weighted by molar-refractivity contribution is 0.0389. The molecule has 1 saturated carbocycles. The standard InChI is InChI=1S/C24H31NO6/c1-27-16-7-8-17(14-6-9-20(28-2)19(25)10-14)18(13-16)23(26)15-11-21(29-3)24(31-5)22(12-15)30-4/h6,9-12,16-18H,7-8,13,25H2,1-5H3. The average Bonchev–Trinajstić information content (AvgIpc) is 2.81. The zero-order chi connectivity index (χ0) is 22.5. The molecule has 2 aromatic rings. The second kappa shape index (κ2) is 9.92. The van der Waals surface area contributed by atoms with Crippen LogP contribution in [0.1, 0.15) is 41.1 Å². The summed E-state index contributed by atoms with van der Waals surface area (Å²) in [5, 5.41) is 0. The molecule has 2 N–H and O–H groups in total. The zero-order valence-electron chi connectivity index (χ0n) is 18.8. The maximum atomic E-state index is 13.7. The monoisotopic (exact) mass is 429 g/mol. The number of nitrogen functional groups attached to an aromatic ring is 1. The van der Waals surface area contributed by atoms with Gasteiger partial charge in [-0.1, -0.05) is 6.07 Å². The number of hydrogen-bond acceptors (Lipinski definition) is 7. The van der Waals surface area contributed by atoms with E-state index in [0.717, 1.165) is 18.4 Å². The zero-order valence-corrected chi connectivity index (χ0v) is 18.8. The first-order valence-electron chi connectivity index (χ1n) is 10.3. The molecule has 0 radical (unpaired) electrons. The van der Waals surface area contributed by atoms with Crippen LogP contribution in [-0.4, -0.2) is 47.4 Å². The Morgan fingerprint density at radius 3 is 2.03 bits per heavy atom. The van der Waals surface area contributed by atoms with E-state index in [0.29, 0.717) is 40.7 Å². The number of carbonyl (C=O) groups is 1. The summed E-state index contributed by atoms with van der Waals surface area (Å²) in [6, 6.07) is 9.17. The largest absolute Gasteiger partial charge is 0.495 e. The molecule has 7 heteroatoms. The van der Waals surface area contributed by atoms with E-state index in [1.165, 1.54) is 21.3 Å². The van der Waals surface area contributed by atoms with Gasteiger partial charge in [0.05, 0.1) is 40.2 Å². The molecule has 0 heterocycles. The summed E-state index contributed by atoms with van der Waals surface area (Å²) in [4.78, 5) is 13.7. The van der Waals surface area contributed by atoms with E-state index >= 15 is 0 Å². The van der Waals surface area contributed by atoms with E-state index in [1.54, 1.807) is 26.4 Å². The van der Waals surface area contributed by atoms with Gasteiger partial charge in [-0.15, -0.1) is 0 Å². The second-order valence-electron chi connectivity index (χ2n) is 7.66. The predicted molar refractivity (Wildman–Crippen MR) is 119 cm³/mol. The number of carbonyl (C=O) groups excluding carboxylic acids is 1. The van der Waals surface area contributed by atoms with Gasteiger partial charge >= 0.3 is 0 Å². The SMILES string of the molecule is COc1ccc(C2CCC(OC)CC2C(=O)c2cc(OC)c(OC)c(OC)c2)cc1N. The summed E-state index contributed by atoms with van der Waals surface area (Å²) in [5.41, 5.74) is 8.26. The molecule has 3 rings (SSSR count). The van der Waals surface area contributed by atoms with Crippen LogP contribution in [-0.2, 0) is 4.74 Å². The average molecular weight is 430 g/mol. The summed E-state index contributed by atoms with van der Waals surface area (Å²) in [5.74, 6) is 1.76. The molecule has 2 aromatic carbocycles. The van der Waals surface area contributed by atoms with Crippen molar-refractivity contribution in [2.24, 2.45) is 5.92 Å². The maximum absolute atomic E-state index is 13.7. The highest BCUT2D eigenvalue weighted by Gasteiger charge is 2.37. The van der Waals surface area contributed by atoms with Crippen molar-refractivity contribution in [1.82, 2.24) is 0 Å². The molecule has 0 bridgehead atoms. The lowest BCUT2D eigenvalue weighted by Crippen LogP contribution is -2.33. The molecule has 168 valence electrons. The van der Waals surface area contributed by atoms with Gasteiger partial charge in [0, 0.05) is 18.6 Å². The first-order chi connectivity index (χ1) is 15.0. The number of rotatable bonds is 8. The van der Waals surface area contributed by atoms with Gasteiger partial charge in [0.25, 0.3) is 0 Å². The Morgan fingerprint density at radius 2 is 1.52 bits per heavy atom. The topological polar surface area (TPSA) is 89.2 Å². The molecular weight excluding hydrogens is 398 g/mol. The van der Waals surface area contributed by atoms with E-state index < -0.39 is 0 Å². The molecule has 1 fully saturated rings. The molecule has 0 amide bonds. The maximum Gasteiger partial charge on any atom is 0.203 e. The summed E-state index contributed by atoms with van der Waals surface area (Å²) >= 11 is 0. The molecule has 0 saturated heterocycles. The number of ether oxygens (including phenoxy) is 5. The van der Waals surface area contributed by atoms with Crippen LogP contribution in [0.15, 0.2) is 30.3 Å². The Morgan fingerprint density at radius 1 is 0.871 bits per heavy atom. The fourth-order valence-corrected chi connectivity index (χ4v) is 4.46. The molecule has 0 aliphatic heterocycles. The van der Waals surface area contributed by atoms with E-state index in [4.69, 9.17) is 29.4 Å². The highest BCUT2D eigenvalue weighted by atomic mass is 16.5. The van der Waals surface area contributed by atoms with Crippen molar-refractivity contribution in [2.45, 2.75) is 31.3 Å². The Bertz CT molecular complexity index is 903. The van der Waals surface area contributed by atoms with Crippen LogP contribution < -0.4 is 24.7 Å². The van der Waals surface area contributed by atoms with Gasteiger partial charge in [0.1, 0.15) is 5.75 Å². The van der Waals surface area contributed by atoms with E-state index in [9.17, 15) is 4.79 Å². The van der Waals surface area contributed by atoms with Gasteiger partial charge in [-0.3, -0.25) is 4.79 Å². The van der Waals surface area contributed by atoms with Gasteiger partial charge in [0.2, 0.25) is 5.75 Å². The normalized spacial score (nSPS) is 20.7. The molecule has 0 spiro atoms. The van der Waals surface area contributed by atoms with Crippen molar-refractivity contribution < 1.29 is 28.5 Å². The minimum absolute atomic E-state index is 0.0143. The molecular formula is C24H31NO6. The lowest BCUT2D eigenvalue weighted by atomic mass is 9.71. The van der Waals surface area contributed by atoms with Crippen molar-refractivity contribution in [1.29, 1.82) is 0 Å². The van der Waals surface area contributed by atoms with Crippen molar-refractivity contribution in [3.8, 4) is 23.0 Å². The van der Waals surface area contributed by atoms with Gasteiger partial charge in [-0.25, -0.2) is 0 Å². The molecule has 3 unspecified atom stereocenters. The quantitative estimate of drug-likeness (QED) is 0.499. The van der Waals surface area contributed by atoms with Crippen molar-refractivity contribution >= 4 is 11.5 Å². The van der Waals surface area contributed by atoms with Gasteiger partial charge in [-0.05, 0) is 55.0 Å². The third-order valence-corrected chi connectivity index (χ3v) is 6.10. The van der Waals surface area contributed by atoms with Crippen LogP contribution in [0.4, 0.5) is 5.69 Å². The number of methoxy groups -OCH3 is 5. The fourth-order valence-electron chi connectivity index (χ4n) is 4.46. The molecule has 31 heavy (non-hydrogen) atoms. The molecule has 0 aromatic heterocycles. The smallest absolute Gasteiger partial charge is 0.203 e. The van der Waals surface area contributed by atoms with Crippen molar-refractivity contribution in [3.05, 3.63) is 41.5 Å². The summed E-state index contributed by atoms with van der Waals surface area (Å²) < 4.78 is 27.2. The lowest BCUT2D eigenvalue weighted by Gasteiger charge is -2.35. The highest BCUT2D eigenvalue weighted by molar-refractivity contribution is 5.99. The van der Waals surface area contributed by atoms with E-state index in [1.807, 2.05) is 18.2 Å². The summed E-state index contributed by atoms with van der Waals surface area (Å²) in [6.45, 7) is 0. The third kappa shape index (κ3) is 4.56. The Balaban J connectivity index is 2.01. The highest BCUT2D eigenvalue weighted by Crippen LogP contribution is 2.44. The van der Waals surface area contributed by atoms with Crippen LogP contribution in [0.3, 0.4) is 0 Å². The molecule has 1 aliphatic rings. The Kier molecular flexibility index (Phi) is 7.28. The number of Topliss-reactive ketones (excluding diaryl/α,β-unsaturated/α-hetero) is 1. The predicted octanol–water partition coefficient (Wildman–Crippen LogP) is 4.08. The number of benzene rings is 2. The minimum Gasteiger partial charge on any atom is -0.495 e. The van der Waals surface area contributed by atoms with Crippen molar-refractivity contribution in [2.75, 3.05) is 41.3 Å². The van der Waals surface area contributed by atoms with Gasteiger partial charge < -0.3 is 29.4 Å². The number of hydrogen-bond donors (Lipinski definition) is 1. The fraction of sp³-hybridized carbons (Fsp3) is 0.458. The van der Waals surface area contributed by atoms with Crippen LogP contribution in [0.25, 0.3) is 0 Å². The van der Waals surface area contributed by atoms with Gasteiger partial charge in [-0.2, -0.15) is 0 Å². The summed E-state index contributed by atoms with van der Waals surface area (Å²) in [7, 11) is 7.89. The second-order valence-corrected chi connectivity index (χ2v) is 7.66.